The summed E-state index contributed by atoms with van der Waals surface area (Å²) in [5, 5.41) is 0. The van der Waals surface area contributed by atoms with E-state index in [9.17, 15) is 9.36 Å². The van der Waals surface area contributed by atoms with E-state index in [0.717, 1.165) is 0 Å². The first kappa shape index (κ1) is 8.38. The summed E-state index contributed by atoms with van der Waals surface area (Å²) in [6.45, 7) is 0. The molecule has 0 atom stereocenters. The molecule has 54 valence electrons. The molecule has 8 heteroatoms. The largest absolute Gasteiger partial charge is 0.535 e. The molecule has 0 bridgehead atoms. The van der Waals surface area contributed by atoms with Crippen LogP contribution in [0.15, 0.2) is 0 Å². The first-order chi connectivity index (χ1) is 3.95. The van der Waals surface area contributed by atoms with E-state index < -0.39 is 14.0 Å². The van der Waals surface area contributed by atoms with Crippen molar-refractivity contribution in [1.82, 2.24) is 0 Å². The van der Waals surface area contributed by atoms with Gasteiger partial charge in [0, 0.05) is 0 Å². The van der Waals surface area contributed by atoms with Gasteiger partial charge in [-0.3, -0.25) is 9.79 Å². The summed E-state index contributed by atoms with van der Waals surface area (Å²) in [5.74, 6) is 4.16. The van der Waals surface area contributed by atoms with Gasteiger partial charge in [0.1, 0.15) is 0 Å². The van der Waals surface area contributed by atoms with Crippen molar-refractivity contribution in [1.29, 1.82) is 0 Å². The monoisotopic (exact) mass is 157 g/mol. The second kappa shape index (κ2) is 2.79. The fourth-order valence-corrected chi connectivity index (χ4v) is 0.356. The van der Waals surface area contributed by atoms with Gasteiger partial charge < -0.3 is 9.36 Å². The molecule has 0 saturated carbocycles. The minimum Gasteiger partial charge on any atom is -0.341 e. The zero-order valence-electron chi connectivity index (χ0n) is 4.05. The van der Waals surface area contributed by atoms with E-state index in [-0.39, 0.29) is 0 Å². The highest BCUT2D eigenvalue weighted by atomic mass is 31.2. The number of carbonyl (C=O) groups excluding carboxylic acids is 1. The second-order valence-electron chi connectivity index (χ2n) is 0.950. The van der Waals surface area contributed by atoms with Crippen LogP contribution in [-0.2, 0) is 13.9 Å². The summed E-state index contributed by atoms with van der Waals surface area (Å²) in [5.41, 5.74) is 0. The van der Waals surface area contributed by atoms with Crippen LogP contribution in [0.3, 0.4) is 0 Å². The van der Waals surface area contributed by atoms with Crippen LogP contribution in [0.2, 0.25) is 0 Å². The lowest BCUT2D eigenvalue weighted by Crippen LogP contribution is -2.09. The summed E-state index contributed by atoms with van der Waals surface area (Å²) in [4.78, 5) is 28.7. The summed E-state index contributed by atoms with van der Waals surface area (Å²) in [6.07, 6.45) is -1.62. The van der Waals surface area contributed by atoms with Crippen LogP contribution >= 0.6 is 7.82 Å². The smallest absolute Gasteiger partial charge is 0.341 e. The van der Waals surface area contributed by atoms with Crippen LogP contribution in [0.4, 0.5) is 4.79 Å². The molecule has 0 aliphatic carbocycles. The van der Waals surface area contributed by atoms with Gasteiger partial charge in [0.2, 0.25) is 0 Å². The van der Waals surface area contributed by atoms with Gasteiger partial charge in [0.05, 0.1) is 0 Å². The lowest BCUT2D eigenvalue weighted by Gasteiger charge is -2.00. The summed E-state index contributed by atoms with van der Waals surface area (Å²) >= 11 is 0. The predicted octanol–water partition coefficient (Wildman–Crippen LogP) is -0.894. The number of rotatable bonds is 1. The molecule has 0 spiro atoms. The molecule has 0 aromatic heterocycles. The third-order valence-electron chi connectivity index (χ3n) is 0.290. The average molecular weight is 157 g/mol. The van der Waals surface area contributed by atoms with E-state index in [1.165, 1.54) is 0 Å². The molecule has 0 aromatic rings. The number of nitrogens with two attached hydrogens (primary N) is 1. The first-order valence-corrected chi connectivity index (χ1v) is 3.14. The average Bonchev–Trinajstić information content (AvgIpc) is 1.62. The molecule has 4 N–H and O–H groups in total. The summed E-state index contributed by atoms with van der Waals surface area (Å²) in [7, 11) is -4.79. The van der Waals surface area contributed by atoms with Gasteiger partial charge >= 0.3 is 14.0 Å². The lowest BCUT2D eigenvalue weighted by atomic mass is 11.4. The molecule has 0 aliphatic rings. The highest BCUT2D eigenvalue weighted by Crippen LogP contribution is 2.35. The van der Waals surface area contributed by atoms with E-state index in [1.807, 2.05) is 0 Å². The van der Waals surface area contributed by atoms with Crippen molar-refractivity contribution in [3.05, 3.63) is 0 Å². The van der Waals surface area contributed by atoms with Crippen LogP contribution in [0.5, 0.6) is 0 Å². The lowest BCUT2D eigenvalue weighted by molar-refractivity contribution is 0.0865. The van der Waals surface area contributed by atoms with Crippen LogP contribution in [0, 0.1) is 0 Å². The van der Waals surface area contributed by atoms with Crippen molar-refractivity contribution < 1.29 is 28.5 Å². The molecule has 9 heavy (non-hydrogen) atoms. The van der Waals surface area contributed by atoms with Crippen molar-refractivity contribution in [3.63, 3.8) is 0 Å². The molecule has 0 saturated heterocycles. The zero-order valence-corrected chi connectivity index (χ0v) is 4.95. The Labute approximate surface area is 49.6 Å². The van der Waals surface area contributed by atoms with Gasteiger partial charge in [-0.15, -0.1) is 0 Å². The standard InChI is InChI=1S/CH4NO6P/c2-7-1(3)8-9(4,5)6/h2H2,(H2,4,5,6). The van der Waals surface area contributed by atoms with E-state index in [4.69, 9.17) is 9.79 Å². The topological polar surface area (TPSA) is 119 Å². The Hall–Kier alpha value is -0.620. The van der Waals surface area contributed by atoms with Crippen molar-refractivity contribution in [2.75, 3.05) is 0 Å². The second-order valence-corrected chi connectivity index (χ2v) is 2.11. The van der Waals surface area contributed by atoms with Gasteiger partial charge in [-0.2, -0.15) is 5.90 Å². The maximum Gasteiger partial charge on any atom is 0.535 e. The van der Waals surface area contributed by atoms with Crippen molar-refractivity contribution in [2.24, 2.45) is 5.90 Å². The molecule has 7 nitrogen and oxygen atoms in total. The summed E-state index contributed by atoms with van der Waals surface area (Å²) in [6, 6.07) is 0. The molecule has 0 amide bonds. The molecule has 0 aromatic carbocycles. The summed E-state index contributed by atoms with van der Waals surface area (Å²) < 4.78 is 13.0. The number of carbonyl (C=O) groups is 1. The predicted molar refractivity (Wildman–Crippen MR) is 23.8 cm³/mol. The molecule has 0 aliphatic heterocycles. The van der Waals surface area contributed by atoms with Crippen molar-refractivity contribution >= 4 is 14.0 Å². The maximum absolute atomic E-state index is 9.77. The van der Waals surface area contributed by atoms with E-state index >= 15 is 0 Å². The minimum absolute atomic E-state index is 1.62. The molecule has 0 rings (SSSR count). The Kier molecular flexibility index (Phi) is 2.60. The van der Waals surface area contributed by atoms with Crippen molar-refractivity contribution in [3.8, 4) is 0 Å². The van der Waals surface area contributed by atoms with Crippen LogP contribution in [0.25, 0.3) is 0 Å². The first-order valence-electron chi connectivity index (χ1n) is 1.61. The van der Waals surface area contributed by atoms with Gasteiger partial charge in [0.15, 0.2) is 0 Å². The Morgan fingerprint density at radius 2 is 2.00 bits per heavy atom. The zero-order chi connectivity index (χ0) is 7.49. The van der Waals surface area contributed by atoms with Gasteiger partial charge in [0.25, 0.3) is 0 Å². The molecular formula is CH4NO6P. The fraction of sp³-hybridized carbons (Fsp3) is 0. The molecule has 0 heterocycles. The van der Waals surface area contributed by atoms with Gasteiger partial charge in [-0.1, -0.05) is 0 Å². The molecule has 0 fully saturated rings. The van der Waals surface area contributed by atoms with Crippen LogP contribution in [0.1, 0.15) is 0 Å². The highest BCUT2D eigenvalue weighted by Gasteiger charge is 2.20. The van der Waals surface area contributed by atoms with Crippen LogP contribution < -0.4 is 5.90 Å². The molecule has 0 unspecified atom stereocenters. The molecular weight excluding hydrogens is 153 g/mol. The number of phosphoric ester groups is 1. The van der Waals surface area contributed by atoms with Gasteiger partial charge in [-0.25, -0.2) is 9.36 Å². The number of hydrogen-bond donors (Lipinski definition) is 3. The molecule has 0 radical (unpaired) electrons. The Morgan fingerprint density at radius 1 is 1.56 bits per heavy atom. The quantitative estimate of drug-likeness (QED) is 0.333. The number of phosphoric acid groups is 1. The number of hydrogen-bond acceptors (Lipinski definition) is 5. The highest BCUT2D eigenvalue weighted by molar-refractivity contribution is 7.46. The van der Waals surface area contributed by atoms with Gasteiger partial charge in [-0.05, 0) is 0 Å². The van der Waals surface area contributed by atoms with Crippen LogP contribution in [-0.4, -0.2) is 15.9 Å². The Balaban J connectivity index is 3.75. The maximum atomic E-state index is 9.77. The van der Waals surface area contributed by atoms with E-state index in [0.29, 0.717) is 0 Å². The van der Waals surface area contributed by atoms with E-state index in [2.05, 4.69) is 15.3 Å². The Morgan fingerprint density at radius 3 is 2.11 bits per heavy atom. The third-order valence-corrected chi connectivity index (χ3v) is 0.677. The fourth-order valence-electron chi connectivity index (χ4n) is 0.119. The third kappa shape index (κ3) is 5.25. The van der Waals surface area contributed by atoms with E-state index in [1.54, 1.807) is 0 Å². The SMILES string of the molecule is NOC(=O)OP(=O)(O)O. The Bertz CT molecular complexity index is 147. The minimum atomic E-state index is -4.79. The van der Waals surface area contributed by atoms with Crippen molar-refractivity contribution in [2.45, 2.75) is 0 Å². The normalized spacial score (nSPS) is 10.6.